The number of morpholine rings is 1. The SMILES string of the molecule is CCC1COC(C)CN1c1nc(C)cc(CN)n1. The summed E-state index contributed by atoms with van der Waals surface area (Å²) in [6.07, 6.45) is 1.25. The first-order valence-electron chi connectivity index (χ1n) is 6.57. The average Bonchev–Trinajstić information content (AvgIpc) is 2.38. The molecular formula is C13H22N4O. The molecule has 100 valence electrons. The second-order valence-electron chi connectivity index (χ2n) is 4.86. The van der Waals surface area contributed by atoms with E-state index in [1.165, 1.54) is 0 Å². The molecule has 0 bridgehead atoms. The van der Waals surface area contributed by atoms with Gasteiger partial charge in [0.15, 0.2) is 0 Å². The third-order valence-electron chi connectivity index (χ3n) is 3.30. The highest BCUT2D eigenvalue weighted by molar-refractivity contribution is 5.35. The summed E-state index contributed by atoms with van der Waals surface area (Å²) in [5.74, 6) is 0.789. The highest BCUT2D eigenvalue weighted by atomic mass is 16.5. The summed E-state index contributed by atoms with van der Waals surface area (Å²) < 4.78 is 5.70. The van der Waals surface area contributed by atoms with Crippen LogP contribution in [0.5, 0.6) is 0 Å². The van der Waals surface area contributed by atoms with Gasteiger partial charge in [-0.25, -0.2) is 9.97 Å². The maximum atomic E-state index is 5.70. The Bertz CT molecular complexity index is 410. The first-order valence-corrected chi connectivity index (χ1v) is 6.57. The van der Waals surface area contributed by atoms with E-state index in [9.17, 15) is 0 Å². The summed E-state index contributed by atoms with van der Waals surface area (Å²) in [6.45, 7) is 8.26. The maximum Gasteiger partial charge on any atom is 0.226 e. The zero-order valence-electron chi connectivity index (χ0n) is 11.4. The minimum atomic E-state index is 0.221. The normalized spacial score (nSPS) is 24.3. The van der Waals surface area contributed by atoms with E-state index in [2.05, 4.69) is 28.7 Å². The van der Waals surface area contributed by atoms with Gasteiger partial charge in [0.25, 0.3) is 0 Å². The zero-order chi connectivity index (χ0) is 13.1. The Balaban J connectivity index is 2.29. The minimum Gasteiger partial charge on any atom is -0.375 e. The summed E-state index contributed by atoms with van der Waals surface area (Å²) in [7, 11) is 0. The third-order valence-corrected chi connectivity index (χ3v) is 3.30. The predicted molar refractivity (Wildman–Crippen MR) is 71.5 cm³/mol. The molecule has 0 radical (unpaired) electrons. The average molecular weight is 250 g/mol. The van der Waals surface area contributed by atoms with Crippen molar-refractivity contribution >= 4 is 5.95 Å². The van der Waals surface area contributed by atoms with Crippen LogP contribution in [0.25, 0.3) is 0 Å². The molecule has 18 heavy (non-hydrogen) atoms. The molecular weight excluding hydrogens is 228 g/mol. The van der Waals surface area contributed by atoms with Crippen LogP contribution in [0, 0.1) is 6.92 Å². The first-order chi connectivity index (χ1) is 8.63. The fraction of sp³-hybridized carbons (Fsp3) is 0.692. The van der Waals surface area contributed by atoms with Crippen LogP contribution in [0.3, 0.4) is 0 Å². The second kappa shape index (κ2) is 5.63. The lowest BCUT2D eigenvalue weighted by molar-refractivity contribution is 0.0292. The molecule has 1 aromatic heterocycles. The fourth-order valence-corrected chi connectivity index (χ4v) is 2.28. The van der Waals surface area contributed by atoms with E-state index in [1.807, 2.05) is 13.0 Å². The first kappa shape index (κ1) is 13.2. The molecule has 0 spiro atoms. The van der Waals surface area contributed by atoms with E-state index in [0.717, 1.165) is 36.9 Å². The summed E-state index contributed by atoms with van der Waals surface area (Å²) in [5, 5.41) is 0. The van der Waals surface area contributed by atoms with E-state index in [-0.39, 0.29) is 6.10 Å². The number of hydrogen-bond donors (Lipinski definition) is 1. The van der Waals surface area contributed by atoms with Gasteiger partial charge in [-0.3, -0.25) is 0 Å². The monoisotopic (exact) mass is 250 g/mol. The molecule has 0 aromatic carbocycles. The molecule has 1 saturated heterocycles. The molecule has 2 rings (SSSR count). The van der Waals surface area contributed by atoms with Crippen molar-refractivity contribution in [2.24, 2.45) is 5.73 Å². The van der Waals surface area contributed by atoms with Crippen molar-refractivity contribution in [1.29, 1.82) is 0 Å². The van der Waals surface area contributed by atoms with E-state index in [1.54, 1.807) is 0 Å². The highest BCUT2D eigenvalue weighted by Gasteiger charge is 2.27. The number of nitrogens with two attached hydrogens (primary N) is 1. The number of aromatic nitrogens is 2. The highest BCUT2D eigenvalue weighted by Crippen LogP contribution is 2.20. The molecule has 5 heteroatoms. The van der Waals surface area contributed by atoms with Crippen molar-refractivity contribution < 1.29 is 4.74 Å². The molecule has 2 N–H and O–H groups in total. The Kier molecular flexibility index (Phi) is 4.14. The Morgan fingerprint density at radius 1 is 1.50 bits per heavy atom. The molecule has 1 aromatic rings. The van der Waals surface area contributed by atoms with Gasteiger partial charge in [-0.05, 0) is 26.3 Å². The molecule has 2 atom stereocenters. The topological polar surface area (TPSA) is 64.3 Å². The second-order valence-corrected chi connectivity index (χ2v) is 4.86. The summed E-state index contributed by atoms with van der Waals surface area (Å²) >= 11 is 0. The molecule has 1 fully saturated rings. The number of nitrogens with zero attached hydrogens (tertiary/aromatic N) is 3. The number of ether oxygens (including phenoxy) is 1. The predicted octanol–water partition coefficient (Wildman–Crippen LogP) is 1.25. The van der Waals surface area contributed by atoms with Gasteiger partial charge < -0.3 is 15.4 Å². The van der Waals surface area contributed by atoms with Crippen LogP contribution in [0.2, 0.25) is 0 Å². The van der Waals surface area contributed by atoms with Crippen LogP contribution in [0.1, 0.15) is 31.7 Å². The van der Waals surface area contributed by atoms with Gasteiger partial charge in [0, 0.05) is 18.8 Å². The van der Waals surface area contributed by atoms with Gasteiger partial charge in [-0.2, -0.15) is 0 Å². The van der Waals surface area contributed by atoms with E-state index < -0.39 is 0 Å². The molecule has 0 aliphatic carbocycles. The third kappa shape index (κ3) is 2.79. The molecule has 1 aliphatic rings. The summed E-state index contributed by atoms with van der Waals surface area (Å²) in [5.41, 5.74) is 7.54. The van der Waals surface area contributed by atoms with E-state index >= 15 is 0 Å². The summed E-state index contributed by atoms with van der Waals surface area (Å²) in [4.78, 5) is 11.3. The van der Waals surface area contributed by atoms with Crippen LogP contribution in [-0.2, 0) is 11.3 Å². The number of anilines is 1. The van der Waals surface area contributed by atoms with Crippen LogP contribution in [0.15, 0.2) is 6.07 Å². The Hall–Kier alpha value is -1.20. The van der Waals surface area contributed by atoms with E-state index in [4.69, 9.17) is 10.5 Å². The maximum absolute atomic E-state index is 5.70. The Morgan fingerprint density at radius 3 is 2.94 bits per heavy atom. The quantitative estimate of drug-likeness (QED) is 0.874. The Morgan fingerprint density at radius 2 is 2.28 bits per heavy atom. The van der Waals surface area contributed by atoms with Gasteiger partial charge in [-0.1, -0.05) is 6.92 Å². The largest absolute Gasteiger partial charge is 0.375 e. The molecule has 2 unspecified atom stereocenters. The van der Waals surface area contributed by atoms with Crippen molar-refractivity contribution in [1.82, 2.24) is 9.97 Å². The van der Waals surface area contributed by atoms with Crippen LogP contribution in [-0.4, -0.2) is 35.3 Å². The van der Waals surface area contributed by atoms with Gasteiger partial charge in [0.2, 0.25) is 5.95 Å². The van der Waals surface area contributed by atoms with Crippen molar-refractivity contribution in [2.75, 3.05) is 18.1 Å². The van der Waals surface area contributed by atoms with Crippen molar-refractivity contribution in [3.8, 4) is 0 Å². The lowest BCUT2D eigenvalue weighted by atomic mass is 10.1. The lowest BCUT2D eigenvalue weighted by Crippen LogP contribution is -2.49. The number of rotatable bonds is 3. The van der Waals surface area contributed by atoms with E-state index in [0.29, 0.717) is 12.6 Å². The van der Waals surface area contributed by atoms with Gasteiger partial charge in [0.1, 0.15) is 0 Å². The van der Waals surface area contributed by atoms with Crippen molar-refractivity contribution in [2.45, 2.75) is 45.9 Å². The number of hydrogen-bond acceptors (Lipinski definition) is 5. The smallest absolute Gasteiger partial charge is 0.226 e. The van der Waals surface area contributed by atoms with Crippen LogP contribution >= 0.6 is 0 Å². The fourth-order valence-electron chi connectivity index (χ4n) is 2.28. The summed E-state index contributed by atoms with van der Waals surface area (Å²) in [6, 6.07) is 2.29. The molecule has 0 saturated carbocycles. The van der Waals surface area contributed by atoms with Gasteiger partial charge in [-0.15, -0.1) is 0 Å². The molecule has 0 amide bonds. The zero-order valence-corrected chi connectivity index (χ0v) is 11.4. The Labute approximate surface area is 108 Å². The van der Waals surface area contributed by atoms with Crippen LogP contribution < -0.4 is 10.6 Å². The minimum absolute atomic E-state index is 0.221. The standard InChI is InChI=1S/C13H22N4O/c1-4-12-8-18-10(3)7-17(12)13-15-9(2)5-11(6-14)16-13/h5,10,12H,4,6-8,14H2,1-3H3. The van der Waals surface area contributed by atoms with Gasteiger partial charge >= 0.3 is 0 Å². The van der Waals surface area contributed by atoms with Crippen molar-refractivity contribution in [3.05, 3.63) is 17.5 Å². The van der Waals surface area contributed by atoms with Gasteiger partial charge in [0.05, 0.1) is 24.4 Å². The molecule has 2 heterocycles. The van der Waals surface area contributed by atoms with Crippen molar-refractivity contribution in [3.63, 3.8) is 0 Å². The lowest BCUT2D eigenvalue weighted by Gasteiger charge is -2.38. The molecule has 1 aliphatic heterocycles. The number of aryl methyl sites for hydroxylation is 1. The van der Waals surface area contributed by atoms with Crippen LogP contribution in [0.4, 0.5) is 5.95 Å². The molecule has 5 nitrogen and oxygen atoms in total.